The molecular weight excluding hydrogens is 392 g/mol. The van der Waals surface area contributed by atoms with Crippen LogP contribution in [0.5, 0.6) is 0 Å². The van der Waals surface area contributed by atoms with E-state index in [0.29, 0.717) is 50.7 Å². The van der Waals surface area contributed by atoms with Crippen molar-refractivity contribution < 1.29 is 19.2 Å². The molecule has 0 spiro atoms. The largest absolute Gasteiger partial charge is 0.447 e. The standard InChI is InChI=1S/C19H20N6O5/c26-18(21-14-2-1-3-15(12-14)24-10-11-30-19(24)27)23-8-6-22(7-9-23)16-4-5-17(20-13-16)25(28)29/h1-5,12-13H,6-11H2,(H,21,26). The quantitative estimate of drug-likeness (QED) is 0.604. The summed E-state index contributed by atoms with van der Waals surface area (Å²) in [5.74, 6) is -0.193. The van der Waals surface area contributed by atoms with E-state index in [1.165, 1.54) is 17.2 Å². The maximum Gasteiger partial charge on any atom is 0.414 e. The molecule has 2 aliphatic rings. The van der Waals surface area contributed by atoms with Gasteiger partial charge in [0.1, 0.15) is 6.61 Å². The van der Waals surface area contributed by atoms with Gasteiger partial charge in [-0.3, -0.25) is 4.90 Å². The first-order valence-corrected chi connectivity index (χ1v) is 9.47. The van der Waals surface area contributed by atoms with E-state index in [2.05, 4.69) is 10.3 Å². The highest BCUT2D eigenvalue weighted by Crippen LogP contribution is 2.23. The molecule has 2 saturated heterocycles. The van der Waals surface area contributed by atoms with Gasteiger partial charge in [0.2, 0.25) is 0 Å². The van der Waals surface area contributed by atoms with Gasteiger partial charge in [-0.2, -0.15) is 0 Å². The summed E-state index contributed by atoms with van der Waals surface area (Å²) >= 11 is 0. The molecule has 3 amide bonds. The van der Waals surface area contributed by atoms with Crippen LogP contribution >= 0.6 is 0 Å². The monoisotopic (exact) mass is 412 g/mol. The zero-order valence-electron chi connectivity index (χ0n) is 16.1. The summed E-state index contributed by atoms with van der Waals surface area (Å²) in [5, 5.41) is 13.6. The lowest BCUT2D eigenvalue weighted by Crippen LogP contribution is -2.50. The summed E-state index contributed by atoms with van der Waals surface area (Å²) in [7, 11) is 0. The Morgan fingerprint density at radius 2 is 1.90 bits per heavy atom. The van der Waals surface area contributed by atoms with Crippen LogP contribution in [0.1, 0.15) is 0 Å². The Labute approximate surface area is 172 Å². The fraction of sp³-hybridized carbons (Fsp3) is 0.316. The number of rotatable bonds is 4. The molecule has 0 atom stereocenters. The number of anilines is 3. The van der Waals surface area contributed by atoms with Gasteiger partial charge in [-0.15, -0.1) is 0 Å². The predicted octanol–water partition coefficient (Wildman–Crippen LogP) is 2.30. The highest BCUT2D eigenvalue weighted by Gasteiger charge is 2.25. The maximum absolute atomic E-state index is 12.6. The van der Waals surface area contributed by atoms with Crippen LogP contribution in [-0.4, -0.2) is 66.3 Å². The molecule has 11 heteroatoms. The molecule has 30 heavy (non-hydrogen) atoms. The van der Waals surface area contributed by atoms with Crippen molar-refractivity contribution in [2.45, 2.75) is 0 Å². The average Bonchev–Trinajstić information content (AvgIpc) is 3.20. The van der Waals surface area contributed by atoms with Gasteiger partial charge in [0.25, 0.3) is 0 Å². The fourth-order valence-corrected chi connectivity index (χ4v) is 3.42. The average molecular weight is 412 g/mol. The Bertz CT molecular complexity index is 958. The first-order valence-electron chi connectivity index (χ1n) is 9.47. The third-order valence-corrected chi connectivity index (χ3v) is 5.02. The predicted molar refractivity (Wildman–Crippen MR) is 109 cm³/mol. The molecule has 0 saturated carbocycles. The molecule has 156 valence electrons. The zero-order valence-corrected chi connectivity index (χ0v) is 16.1. The van der Waals surface area contributed by atoms with Crippen LogP contribution < -0.4 is 15.1 Å². The Kier molecular flexibility index (Phi) is 5.33. The van der Waals surface area contributed by atoms with E-state index < -0.39 is 11.0 Å². The van der Waals surface area contributed by atoms with Crippen molar-refractivity contribution in [1.82, 2.24) is 9.88 Å². The number of amides is 3. The van der Waals surface area contributed by atoms with Crippen molar-refractivity contribution >= 4 is 35.0 Å². The van der Waals surface area contributed by atoms with Gasteiger partial charge >= 0.3 is 17.9 Å². The topological polar surface area (TPSA) is 121 Å². The molecule has 2 aliphatic heterocycles. The summed E-state index contributed by atoms with van der Waals surface area (Å²) in [6.07, 6.45) is 1.08. The molecule has 1 aromatic heterocycles. The number of urea groups is 1. The van der Waals surface area contributed by atoms with Gasteiger partial charge < -0.3 is 30.0 Å². The number of carbonyl (C=O) groups is 2. The molecule has 11 nitrogen and oxygen atoms in total. The molecule has 0 unspecified atom stereocenters. The van der Waals surface area contributed by atoms with Crippen molar-refractivity contribution in [1.29, 1.82) is 0 Å². The SMILES string of the molecule is O=C(Nc1cccc(N2CCOC2=O)c1)N1CCN(c2ccc([N+](=O)[O-])nc2)CC1. The molecule has 2 aromatic rings. The Balaban J connectivity index is 1.33. The number of aromatic nitrogens is 1. The smallest absolute Gasteiger partial charge is 0.414 e. The molecule has 1 N–H and O–H groups in total. The minimum Gasteiger partial charge on any atom is -0.447 e. The van der Waals surface area contributed by atoms with Gasteiger partial charge in [0.15, 0.2) is 6.20 Å². The molecule has 1 aromatic carbocycles. The van der Waals surface area contributed by atoms with Crippen LogP contribution in [-0.2, 0) is 4.74 Å². The first kappa shape index (κ1) is 19.4. The van der Waals surface area contributed by atoms with Crippen LogP contribution in [0.2, 0.25) is 0 Å². The first-order chi connectivity index (χ1) is 14.5. The summed E-state index contributed by atoms with van der Waals surface area (Å²) in [6, 6.07) is 9.88. The van der Waals surface area contributed by atoms with Gasteiger partial charge in [0.05, 0.1) is 12.2 Å². The minimum absolute atomic E-state index is 0.193. The second-order valence-electron chi connectivity index (χ2n) is 6.85. The van der Waals surface area contributed by atoms with Crippen molar-refractivity contribution in [2.75, 3.05) is 54.4 Å². The lowest BCUT2D eigenvalue weighted by atomic mass is 10.2. The van der Waals surface area contributed by atoms with E-state index in [4.69, 9.17) is 4.74 Å². The Morgan fingerprint density at radius 3 is 2.53 bits per heavy atom. The van der Waals surface area contributed by atoms with Crippen molar-refractivity contribution in [2.24, 2.45) is 0 Å². The van der Waals surface area contributed by atoms with Crippen molar-refractivity contribution in [3.8, 4) is 0 Å². The van der Waals surface area contributed by atoms with Crippen LogP contribution in [0.3, 0.4) is 0 Å². The van der Waals surface area contributed by atoms with E-state index >= 15 is 0 Å². The van der Waals surface area contributed by atoms with Crippen LogP contribution in [0.25, 0.3) is 0 Å². The Hall–Kier alpha value is -3.89. The van der Waals surface area contributed by atoms with Crippen LogP contribution in [0.4, 0.5) is 32.5 Å². The number of hydrogen-bond donors (Lipinski definition) is 1. The maximum atomic E-state index is 12.6. The molecular formula is C19H20N6O5. The van der Waals surface area contributed by atoms with Gasteiger partial charge in [0, 0.05) is 43.6 Å². The summed E-state index contributed by atoms with van der Waals surface area (Å²) < 4.78 is 4.95. The van der Waals surface area contributed by atoms with E-state index in [-0.39, 0.29) is 11.8 Å². The molecule has 3 heterocycles. The highest BCUT2D eigenvalue weighted by molar-refractivity contribution is 5.93. The summed E-state index contributed by atoms with van der Waals surface area (Å²) in [6.45, 7) is 3.01. The second-order valence-corrected chi connectivity index (χ2v) is 6.85. The third-order valence-electron chi connectivity index (χ3n) is 5.02. The third kappa shape index (κ3) is 4.09. The summed E-state index contributed by atoms with van der Waals surface area (Å²) in [4.78, 5) is 43.6. The number of piperazine rings is 1. The van der Waals surface area contributed by atoms with Gasteiger partial charge in [-0.1, -0.05) is 6.07 Å². The van der Waals surface area contributed by atoms with E-state index in [1.807, 2.05) is 4.90 Å². The number of benzene rings is 1. The summed E-state index contributed by atoms with van der Waals surface area (Å²) in [5.41, 5.74) is 2.05. The highest BCUT2D eigenvalue weighted by atomic mass is 16.6. The van der Waals surface area contributed by atoms with E-state index in [1.54, 1.807) is 35.2 Å². The lowest BCUT2D eigenvalue weighted by molar-refractivity contribution is -0.389. The van der Waals surface area contributed by atoms with Crippen molar-refractivity contribution in [3.63, 3.8) is 0 Å². The molecule has 4 rings (SSSR count). The number of nitrogens with one attached hydrogen (secondary N) is 1. The zero-order chi connectivity index (χ0) is 21.1. The van der Waals surface area contributed by atoms with Gasteiger partial charge in [-0.25, -0.2) is 9.59 Å². The van der Waals surface area contributed by atoms with Crippen LogP contribution in [0, 0.1) is 10.1 Å². The molecule has 0 aliphatic carbocycles. The molecule has 2 fully saturated rings. The second kappa shape index (κ2) is 8.23. The molecule has 0 bridgehead atoms. The Morgan fingerprint density at radius 1 is 1.10 bits per heavy atom. The van der Waals surface area contributed by atoms with E-state index in [0.717, 1.165) is 5.69 Å². The number of ether oxygens (including phenoxy) is 1. The minimum atomic E-state index is -0.534. The fourth-order valence-electron chi connectivity index (χ4n) is 3.42. The van der Waals surface area contributed by atoms with E-state index in [9.17, 15) is 19.7 Å². The lowest BCUT2D eigenvalue weighted by Gasteiger charge is -2.35. The number of carbonyl (C=O) groups excluding carboxylic acids is 2. The number of pyridine rings is 1. The van der Waals surface area contributed by atoms with Gasteiger partial charge in [-0.05, 0) is 34.2 Å². The normalized spacial score (nSPS) is 16.4. The molecule has 0 radical (unpaired) electrons. The number of hydrogen-bond acceptors (Lipinski definition) is 7. The number of nitro groups is 1. The van der Waals surface area contributed by atoms with Crippen LogP contribution in [0.15, 0.2) is 42.6 Å². The number of nitrogens with zero attached hydrogens (tertiary/aromatic N) is 5. The number of cyclic esters (lactones) is 1. The van der Waals surface area contributed by atoms with Crippen molar-refractivity contribution in [3.05, 3.63) is 52.7 Å².